The van der Waals surface area contributed by atoms with E-state index < -0.39 is 11.0 Å². The van der Waals surface area contributed by atoms with Crippen molar-refractivity contribution in [1.82, 2.24) is 0 Å². The summed E-state index contributed by atoms with van der Waals surface area (Å²) in [5.74, 6) is 4.91. The van der Waals surface area contributed by atoms with Gasteiger partial charge in [0.05, 0.1) is 0 Å². The van der Waals surface area contributed by atoms with Crippen molar-refractivity contribution in [3.8, 4) is 6.07 Å². The molecule has 0 saturated heterocycles. The van der Waals surface area contributed by atoms with Crippen molar-refractivity contribution in [2.75, 3.05) is 0 Å². The van der Waals surface area contributed by atoms with E-state index in [1.165, 1.54) is 0 Å². The standard InChI is InChI=1S/C6H10N4O2/c1-5(9-8)2-3-6(4-7)10(11)12/h6H,2-3,8H2,1H3/b9-5+. The van der Waals surface area contributed by atoms with Crippen molar-refractivity contribution < 1.29 is 4.92 Å². The van der Waals surface area contributed by atoms with Crippen molar-refractivity contribution in [2.24, 2.45) is 10.9 Å². The van der Waals surface area contributed by atoms with Crippen LogP contribution in [0.5, 0.6) is 0 Å². The number of nitriles is 1. The van der Waals surface area contributed by atoms with Crippen LogP contribution in [-0.2, 0) is 0 Å². The van der Waals surface area contributed by atoms with Gasteiger partial charge in [-0.2, -0.15) is 10.4 Å². The van der Waals surface area contributed by atoms with Crippen molar-refractivity contribution in [1.29, 1.82) is 5.26 Å². The van der Waals surface area contributed by atoms with Crippen molar-refractivity contribution >= 4 is 5.71 Å². The van der Waals surface area contributed by atoms with Crippen LogP contribution >= 0.6 is 0 Å². The zero-order chi connectivity index (χ0) is 9.56. The van der Waals surface area contributed by atoms with Crippen LogP contribution in [0.25, 0.3) is 0 Å². The maximum Gasteiger partial charge on any atom is 0.297 e. The average molecular weight is 170 g/mol. The molecule has 0 spiro atoms. The predicted molar refractivity (Wildman–Crippen MR) is 42.9 cm³/mol. The molecule has 0 saturated carbocycles. The van der Waals surface area contributed by atoms with Crippen LogP contribution in [0.3, 0.4) is 0 Å². The lowest BCUT2D eigenvalue weighted by Gasteiger charge is -1.99. The Morgan fingerprint density at radius 1 is 1.92 bits per heavy atom. The number of rotatable bonds is 4. The second-order valence-electron chi connectivity index (χ2n) is 2.33. The Bertz CT molecular complexity index is 230. The van der Waals surface area contributed by atoms with Crippen LogP contribution in [0.4, 0.5) is 0 Å². The van der Waals surface area contributed by atoms with Crippen LogP contribution in [0, 0.1) is 21.4 Å². The molecule has 0 rings (SSSR count). The highest BCUT2D eigenvalue weighted by Crippen LogP contribution is 2.00. The minimum absolute atomic E-state index is 0.163. The quantitative estimate of drug-likeness (QED) is 0.283. The number of hydrogen-bond donors (Lipinski definition) is 1. The summed E-state index contributed by atoms with van der Waals surface area (Å²) in [6, 6.07) is 0.435. The van der Waals surface area contributed by atoms with Gasteiger partial charge < -0.3 is 5.84 Å². The average Bonchev–Trinajstić information content (AvgIpc) is 2.04. The second kappa shape index (κ2) is 5.07. The fourth-order valence-electron chi connectivity index (χ4n) is 0.627. The van der Waals surface area contributed by atoms with Crippen molar-refractivity contribution in [3.05, 3.63) is 10.1 Å². The number of hydrazone groups is 1. The molecule has 0 aromatic heterocycles. The van der Waals surface area contributed by atoms with E-state index in [-0.39, 0.29) is 6.42 Å². The maximum atomic E-state index is 10.1. The summed E-state index contributed by atoms with van der Waals surface area (Å²) in [5.41, 5.74) is 0.608. The first kappa shape index (κ1) is 10.4. The van der Waals surface area contributed by atoms with Gasteiger partial charge in [-0.1, -0.05) is 0 Å². The third-order valence-electron chi connectivity index (χ3n) is 1.40. The molecule has 0 bridgehead atoms. The van der Waals surface area contributed by atoms with Gasteiger partial charge in [-0.05, 0) is 13.3 Å². The predicted octanol–water partition coefficient (Wildman–Crippen LogP) is 0.270. The summed E-state index contributed by atoms with van der Waals surface area (Å²) < 4.78 is 0. The van der Waals surface area contributed by atoms with E-state index in [1.807, 2.05) is 0 Å². The van der Waals surface area contributed by atoms with Gasteiger partial charge in [-0.15, -0.1) is 0 Å². The summed E-state index contributed by atoms with van der Waals surface area (Å²) in [4.78, 5) is 9.54. The molecule has 0 radical (unpaired) electrons. The molecular formula is C6H10N4O2. The number of nitrogens with zero attached hydrogens (tertiary/aromatic N) is 3. The SMILES string of the molecule is C/C(CCC(C#N)[N+](=O)[O-])=N\N. The summed E-state index contributed by atoms with van der Waals surface area (Å²) in [5, 5.41) is 21.8. The first-order chi connectivity index (χ1) is 5.61. The van der Waals surface area contributed by atoms with Gasteiger partial charge in [-0.25, -0.2) is 0 Å². The largest absolute Gasteiger partial charge is 0.323 e. The van der Waals surface area contributed by atoms with E-state index in [0.717, 1.165) is 0 Å². The van der Waals surface area contributed by atoms with Gasteiger partial charge >= 0.3 is 0 Å². The third kappa shape index (κ3) is 3.51. The van der Waals surface area contributed by atoms with E-state index in [4.69, 9.17) is 11.1 Å². The summed E-state index contributed by atoms with van der Waals surface area (Å²) in [6.45, 7) is 1.66. The molecule has 6 heteroatoms. The van der Waals surface area contributed by atoms with E-state index in [9.17, 15) is 10.1 Å². The number of nitro groups is 1. The Labute approximate surface area is 69.8 Å². The molecule has 1 atom stereocenters. The first-order valence-corrected chi connectivity index (χ1v) is 3.38. The van der Waals surface area contributed by atoms with Crippen molar-refractivity contribution in [2.45, 2.75) is 25.8 Å². The lowest BCUT2D eigenvalue weighted by molar-refractivity contribution is -0.507. The van der Waals surface area contributed by atoms with E-state index in [0.29, 0.717) is 12.1 Å². The van der Waals surface area contributed by atoms with Gasteiger partial charge in [-0.3, -0.25) is 10.1 Å². The molecule has 12 heavy (non-hydrogen) atoms. The Balaban J connectivity index is 3.92. The third-order valence-corrected chi connectivity index (χ3v) is 1.40. The smallest absolute Gasteiger partial charge is 0.297 e. The highest BCUT2D eigenvalue weighted by molar-refractivity contribution is 5.81. The van der Waals surface area contributed by atoms with E-state index in [1.54, 1.807) is 13.0 Å². The maximum absolute atomic E-state index is 10.1. The fourth-order valence-corrected chi connectivity index (χ4v) is 0.627. The molecule has 66 valence electrons. The van der Waals surface area contributed by atoms with E-state index >= 15 is 0 Å². The molecule has 6 nitrogen and oxygen atoms in total. The monoisotopic (exact) mass is 170 g/mol. The lowest BCUT2D eigenvalue weighted by Crippen LogP contribution is -2.18. The van der Waals surface area contributed by atoms with Gasteiger partial charge in [0.2, 0.25) is 0 Å². The molecular weight excluding hydrogens is 160 g/mol. The first-order valence-electron chi connectivity index (χ1n) is 3.38. The zero-order valence-corrected chi connectivity index (χ0v) is 6.73. The highest BCUT2D eigenvalue weighted by atomic mass is 16.6. The van der Waals surface area contributed by atoms with Crippen LogP contribution < -0.4 is 5.84 Å². The highest BCUT2D eigenvalue weighted by Gasteiger charge is 2.18. The van der Waals surface area contributed by atoms with Crippen molar-refractivity contribution in [3.63, 3.8) is 0 Å². The minimum Gasteiger partial charge on any atom is -0.323 e. The van der Waals surface area contributed by atoms with Gasteiger partial charge in [0.25, 0.3) is 6.04 Å². The molecule has 1 unspecified atom stereocenters. The van der Waals surface area contributed by atoms with Crippen LogP contribution in [0.15, 0.2) is 5.10 Å². The van der Waals surface area contributed by atoms with Crippen LogP contribution in [0.1, 0.15) is 19.8 Å². The van der Waals surface area contributed by atoms with E-state index in [2.05, 4.69) is 5.10 Å². The fraction of sp³-hybridized carbons (Fsp3) is 0.667. The molecule has 0 aromatic rings. The Morgan fingerprint density at radius 2 is 2.50 bits per heavy atom. The van der Waals surface area contributed by atoms with Crippen LogP contribution in [-0.4, -0.2) is 16.7 Å². The summed E-state index contributed by atoms with van der Waals surface area (Å²) in [7, 11) is 0. The molecule has 0 heterocycles. The van der Waals surface area contributed by atoms with Gasteiger partial charge in [0, 0.05) is 17.1 Å². The Hall–Kier alpha value is -1.64. The minimum atomic E-state index is -1.15. The van der Waals surface area contributed by atoms with Crippen LogP contribution in [0.2, 0.25) is 0 Å². The molecule has 2 N–H and O–H groups in total. The number of hydrogen-bond acceptors (Lipinski definition) is 5. The normalized spacial score (nSPS) is 13.5. The zero-order valence-electron chi connectivity index (χ0n) is 6.73. The summed E-state index contributed by atoms with van der Waals surface area (Å²) >= 11 is 0. The summed E-state index contributed by atoms with van der Waals surface area (Å²) in [6.07, 6.45) is 0.547. The van der Waals surface area contributed by atoms with Gasteiger partial charge in [0.1, 0.15) is 6.07 Å². The molecule has 0 fully saturated rings. The molecule has 0 aliphatic rings. The molecule has 0 aromatic carbocycles. The topological polar surface area (TPSA) is 105 Å². The molecule has 0 aliphatic carbocycles. The number of nitrogens with two attached hydrogens (primary N) is 1. The second-order valence-corrected chi connectivity index (χ2v) is 2.33. The molecule has 0 aliphatic heterocycles. The Morgan fingerprint density at radius 3 is 2.83 bits per heavy atom. The lowest BCUT2D eigenvalue weighted by atomic mass is 10.1. The van der Waals surface area contributed by atoms with Gasteiger partial charge in [0.15, 0.2) is 0 Å². The molecule has 0 amide bonds. The Kier molecular flexibility index (Phi) is 4.38.